The van der Waals surface area contributed by atoms with Crippen LogP contribution in [-0.2, 0) is 16.1 Å². The summed E-state index contributed by atoms with van der Waals surface area (Å²) >= 11 is 0. The fourth-order valence-electron chi connectivity index (χ4n) is 3.37. The van der Waals surface area contributed by atoms with Crippen molar-refractivity contribution in [3.8, 4) is 0 Å². The second-order valence-corrected chi connectivity index (χ2v) is 6.98. The van der Waals surface area contributed by atoms with Crippen LogP contribution in [0.2, 0.25) is 0 Å². The van der Waals surface area contributed by atoms with E-state index in [2.05, 4.69) is 0 Å². The number of ether oxygens (including phenoxy) is 1. The summed E-state index contributed by atoms with van der Waals surface area (Å²) in [6.45, 7) is 0.147. The van der Waals surface area contributed by atoms with E-state index < -0.39 is 29.9 Å². The fourth-order valence-corrected chi connectivity index (χ4v) is 3.37. The monoisotopic (exact) mass is 398 g/mol. The van der Waals surface area contributed by atoms with E-state index in [4.69, 9.17) is 21.3 Å². The average molecular weight is 398 g/mol. The summed E-state index contributed by atoms with van der Waals surface area (Å²) in [4.78, 5) is 14.3. The number of alkyl halides is 3. The normalized spacial score (nSPS) is 19.9. The van der Waals surface area contributed by atoms with Crippen LogP contribution in [0.4, 0.5) is 18.9 Å². The molecule has 1 fully saturated rings. The molecular formula is C19H25F3N4O2. The van der Waals surface area contributed by atoms with Crippen molar-refractivity contribution in [2.45, 2.75) is 57.0 Å². The van der Waals surface area contributed by atoms with Crippen molar-refractivity contribution in [2.75, 3.05) is 12.8 Å². The number of carbonyl (C=O) groups excluding carboxylic acids is 1. The number of carbonyl (C=O) groups is 1. The zero-order valence-corrected chi connectivity index (χ0v) is 15.7. The molecule has 0 aliphatic heterocycles. The summed E-state index contributed by atoms with van der Waals surface area (Å²) in [7, 11) is 1.62. The van der Waals surface area contributed by atoms with Crippen LogP contribution in [0, 0.1) is 10.8 Å². The Balaban J connectivity index is 2.18. The highest BCUT2D eigenvalue weighted by Crippen LogP contribution is 2.27. The zero-order valence-electron chi connectivity index (χ0n) is 15.7. The van der Waals surface area contributed by atoms with Gasteiger partial charge in [-0.3, -0.25) is 10.2 Å². The molecule has 4 N–H and O–H groups in total. The maximum absolute atomic E-state index is 12.8. The van der Waals surface area contributed by atoms with Gasteiger partial charge < -0.3 is 20.8 Å². The van der Waals surface area contributed by atoms with Gasteiger partial charge in [0.05, 0.1) is 6.10 Å². The van der Waals surface area contributed by atoms with Crippen LogP contribution >= 0.6 is 0 Å². The molecule has 1 aliphatic carbocycles. The molecule has 0 saturated heterocycles. The van der Waals surface area contributed by atoms with E-state index in [0.717, 1.165) is 18.4 Å². The molecule has 1 aliphatic rings. The van der Waals surface area contributed by atoms with Crippen molar-refractivity contribution in [1.29, 1.82) is 10.8 Å². The Morgan fingerprint density at radius 3 is 2.43 bits per heavy atom. The smallest absolute Gasteiger partial charge is 0.399 e. The third-order valence-electron chi connectivity index (χ3n) is 4.94. The van der Waals surface area contributed by atoms with Gasteiger partial charge >= 0.3 is 6.18 Å². The topological polar surface area (TPSA) is 103 Å². The molecule has 0 aromatic heterocycles. The molecule has 28 heavy (non-hydrogen) atoms. The Kier molecular flexibility index (Phi) is 7.17. The van der Waals surface area contributed by atoms with E-state index in [1.807, 2.05) is 0 Å². The van der Waals surface area contributed by atoms with Gasteiger partial charge in [-0.2, -0.15) is 13.2 Å². The van der Waals surface area contributed by atoms with Gasteiger partial charge in [0.2, 0.25) is 0 Å². The lowest BCUT2D eigenvalue weighted by Crippen LogP contribution is -2.46. The van der Waals surface area contributed by atoms with E-state index in [0.29, 0.717) is 18.5 Å². The first-order valence-electron chi connectivity index (χ1n) is 9.02. The number of benzene rings is 1. The number of amides is 1. The number of nitrogen functional groups attached to an aromatic ring is 1. The van der Waals surface area contributed by atoms with Crippen molar-refractivity contribution < 1.29 is 22.7 Å². The summed E-state index contributed by atoms with van der Waals surface area (Å²) in [5, 5.41) is 14.9. The maximum atomic E-state index is 12.8. The highest BCUT2D eigenvalue weighted by atomic mass is 19.4. The van der Waals surface area contributed by atoms with Gasteiger partial charge in [-0.25, -0.2) is 0 Å². The molecule has 0 unspecified atom stereocenters. The first-order valence-corrected chi connectivity index (χ1v) is 9.02. The van der Waals surface area contributed by atoms with Crippen LogP contribution in [-0.4, -0.2) is 47.7 Å². The largest absolute Gasteiger partial charge is 0.429 e. The molecule has 1 aromatic rings. The molecule has 0 radical (unpaired) electrons. The number of halogens is 3. The number of anilines is 1. The molecule has 0 bridgehead atoms. The van der Waals surface area contributed by atoms with Gasteiger partial charge in [0.1, 0.15) is 11.4 Å². The number of hydrogen-bond acceptors (Lipinski definition) is 5. The van der Waals surface area contributed by atoms with E-state index in [-0.39, 0.29) is 18.7 Å². The van der Waals surface area contributed by atoms with Gasteiger partial charge in [0.25, 0.3) is 5.91 Å². The Bertz CT molecular complexity index is 728. The number of nitrogens with zero attached hydrogens (tertiary/aromatic N) is 1. The number of nitrogens with one attached hydrogen (secondary N) is 2. The van der Waals surface area contributed by atoms with Crippen molar-refractivity contribution in [3.63, 3.8) is 0 Å². The third-order valence-corrected chi connectivity index (χ3v) is 4.94. The molecule has 1 aromatic carbocycles. The molecule has 9 heteroatoms. The lowest BCUT2D eigenvalue weighted by Gasteiger charge is -2.37. The van der Waals surface area contributed by atoms with Crippen LogP contribution < -0.4 is 5.73 Å². The summed E-state index contributed by atoms with van der Waals surface area (Å²) in [6.07, 6.45) is -3.06. The second-order valence-electron chi connectivity index (χ2n) is 6.98. The zero-order chi connectivity index (χ0) is 20.9. The Labute approximate surface area is 161 Å². The molecule has 0 atom stereocenters. The number of rotatable bonds is 7. The fraction of sp³-hybridized carbons (Fsp3) is 0.526. The van der Waals surface area contributed by atoms with Crippen molar-refractivity contribution in [1.82, 2.24) is 4.90 Å². The first kappa shape index (κ1) is 21.9. The molecule has 6 nitrogen and oxygen atoms in total. The summed E-state index contributed by atoms with van der Waals surface area (Å²) in [5.41, 5.74) is 4.70. The number of methoxy groups -OCH3 is 1. The molecule has 0 spiro atoms. The maximum Gasteiger partial charge on any atom is 0.429 e. The highest BCUT2D eigenvalue weighted by molar-refractivity contribution is 6.41. The molecule has 1 amide bonds. The third kappa shape index (κ3) is 5.79. The minimum Gasteiger partial charge on any atom is -0.399 e. The van der Waals surface area contributed by atoms with E-state index >= 15 is 0 Å². The summed E-state index contributed by atoms with van der Waals surface area (Å²) < 4.78 is 43.2. The van der Waals surface area contributed by atoms with E-state index in [1.165, 1.54) is 4.90 Å². The van der Waals surface area contributed by atoms with Crippen molar-refractivity contribution in [3.05, 3.63) is 29.8 Å². The van der Waals surface area contributed by atoms with E-state index in [1.54, 1.807) is 31.4 Å². The highest BCUT2D eigenvalue weighted by Gasteiger charge is 2.37. The lowest BCUT2D eigenvalue weighted by atomic mass is 9.91. The Morgan fingerprint density at radius 1 is 1.25 bits per heavy atom. The molecule has 2 rings (SSSR count). The Hall–Kier alpha value is -2.42. The second kappa shape index (κ2) is 9.18. The first-order chi connectivity index (χ1) is 13.1. The molecule has 1 saturated carbocycles. The van der Waals surface area contributed by atoms with Crippen molar-refractivity contribution >= 4 is 23.0 Å². The van der Waals surface area contributed by atoms with Gasteiger partial charge in [-0.15, -0.1) is 0 Å². The van der Waals surface area contributed by atoms with Gasteiger partial charge in [0.15, 0.2) is 0 Å². The van der Waals surface area contributed by atoms with Crippen LogP contribution in [0.1, 0.15) is 37.7 Å². The molecule has 154 valence electrons. The van der Waals surface area contributed by atoms with Crippen molar-refractivity contribution in [2.24, 2.45) is 0 Å². The van der Waals surface area contributed by atoms with E-state index in [9.17, 15) is 18.0 Å². The average Bonchev–Trinajstić information content (AvgIpc) is 2.65. The van der Waals surface area contributed by atoms with Crippen LogP contribution in [0.3, 0.4) is 0 Å². The van der Waals surface area contributed by atoms with Crippen LogP contribution in [0.25, 0.3) is 0 Å². The van der Waals surface area contributed by atoms with Crippen LogP contribution in [0.15, 0.2) is 24.3 Å². The quantitative estimate of drug-likeness (QED) is 0.483. The van der Waals surface area contributed by atoms with Gasteiger partial charge in [-0.1, -0.05) is 12.1 Å². The Morgan fingerprint density at radius 2 is 1.89 bits per heavy atom. The summed E-state index contributed by atoms with van der Waals surface area (Å²) in [5.74, 6) is -0.780. The van der Waals surface area contributed by atoms with Crippen LogP contribution in [0.5, 0.6) is 0 Å². The minimum atomic E-state index is -4.85. The standard InChI is InChI=1S/C19H25F3N4O2/c1-28-15-7-5-14(6-8-15)26(11-12-3-2-4-13(23)9-12)18(27)16(24)10-17(25)19(20,21)22/h2-4,9,14-15,24-25H,5-8,10-11,23H2,1H3. The SMILES string of the molecule is COC1CCC(N(Cc2cccc(N)c2)C(=O)C(=N)CC(=N)C(F)(F)F)CC1. The molecular weight excluding hydrogens is 373 g/mol. The van der Waals surface area contributed by atoms with Gasteiger partial charge in [-0.05, 0) is 43.4 Å². The number of hydrogen-bond donors (Lipinski definition) is 3. The number of nitrogens with two attached hydrogens (primary N) is 1. The predicted octanol–water partition coefficient (Wildman–Crippen LogP) is 3.55. The lowest BCUT2D eigenvalue weighted by molar-refractivity contribution is -0.128. The summed E-state index contributed by atoms with van der Waals surface area (Å²) in [6, 6.07) is 6.70. The predicted molar refractivity (Wildman–Crippen MR) is 101 cm³/mol. The van der Waals surface area contributed by atoms with Gasteiger partial charge in [0, 0.05) is 31.8 Å². The minimum absolute atomic E-state index is 0.0958. The molecule has 0 heterocycles.